The van der Waals surface area contributed by atoms with E-state index in [9.17, 15) is 4.39 Å². The fourth-order valence-electron chi connectivity index (χ4n) is 3.19. The van der Waals surface area contributed by atoms with Gasteiger partial charge in [0.1, 0.15) is 0 Å². The van der Waals surface area contributed by atoms with Crippen LogP contribution in [0.3, 0.4) is 0 Å². The number of halogens is 1. The topological polar surface area (TPSA) is 30.7 Å². The average Bonchev–Trinajstić information content (AvgIpc) is 3.08. The summed E-state index contributed by atoms with van der Waals surface area (Å²) in [6, 6.07) is 0.0740. The predicted octanol–water partition coefficient (Wildman–Crippen LogP) is 3.63. The van der Waals surface area contributed by atoms with Gasteiger partial charge in [-0.25, -0.2) is 14.1 Å². The molecule has 2 heterocycles. The normalized spacial score (nSPS) is 33.4. The van der Waals surface area contributed by atoms with Crippen molar-refractivity contribution in [1.82, 2.24) is 14.8 Å². The van der Waals surface area contributed by atoms with E-state index in [-0.39, 0.29) is 6.04 Å². The van der Waals surface area contributed by atoms with Crippen LogP contribution in [0.1, 0.15) is 62.4 Å². The molecule has 1 aliphatic heterocycles. The molecule has 4 rings (SSSR count). The van der Waals surface area contributed by atoms with E-state index in [1.54, 1.807) is 0 Å². The third-order valence-corrected chi connectivity index (χ3v) is 4.49. The first-order valence-corrected chi connectivity index (χ1v) is 7.21. The summed E-state index contributed by atoms with van der Waals surface area (Å²) in [5.74, 6) is 2.38. The van der Waals surface area contributed by atoms with Crippen LogP contribution in [-0.4, -0.2) is 14.8 Å². The van der Waals surface area contributed by atoms with E-state index >= 15 is 0 Å². The minimum atomic E-state index is -0.955. The standard InChI is InChI=1S/C15H18FN3/c1-9-4-2-3-5-11(9)13-8-12(16)15-17-14(10-6-7-10)18-19(13)15/h2-3,5,9-10,12-13H,4,6-8H2,1H3. The Morgan fingerprint density at radius 1 is 1.37 bits per heavy atom. The maximum absolute atomic E-state index is 14.2. The summed E-state index contributed by atoms with van der Waals surface area (Å²) in [7, 11) is 0. The van der Waals surface area contributed by atoms with Crippen molar-refractivity contribution >= 4 is 0 Å². The number of alkyl halides is 1. The van der Waals surface area contributed by atoms with Crippen LogP contribution in [0.15, 0.2) is 23.8 Å². The van der Waals surface area contributed by atoms with Crippen molar-refractivity contribution in [1.29, 1.82) is 0 Å². The zero-order valence-corrected chi connectivity index (χ0v) is 11.1. The van der Waals surface area contributed by atoms with E-state index in [4.69, 9.17) is 0 Å². The molecule has 0 N–H and O–H groups in total. The van der Waals surface area contributed by atoms with Crippen LogP contribution in [0, 0.1) is 5.92 Å². The number of hydrogen-bond acceptors (Lipinski definition) is 2. The van der Waals surface area contributed by atoms with Crippen molar-refractivity contribution in [2.75, 3.05) is 0 Å². The molecule has 19 heavy (non-hydrogen) atoms. The Labute approximate surface area is 112 Å². The van der Waals surface area contributed by atoms with Gasteiger partial charge in [0, 0.05) is 12.3 Å². The molecule has 0 radical (unpaired) electrons. The van der Waals surface area contributed by atoms with Gasteiger partial charge in [0.2, 0.25) is 0 Å². The van der Waals surface area contributed by atoms with Crippen LogP contribution in [-0.2, 0) is 0 Å². The van der Waals surface area contributed by atoms with Crippen LogP contribution in [0.5, 0.6) is 0 Å². The molecule has 3 nitrogen and oxygen atoms in total. The van der Waals surface area contributed by atoms with Crippen molar-refractivity contribution in [2.45, 2.75) is 50.7 Å². The molecule has 3 aliphatic rings. The Kier molecular flexibility index (Phi) is 2.41. The lowest BCUT2D eigenvalue weighted by molar-refractivity contribution is 0.322. The highest BCUT2D eigenvalue weighted by Gasteiger charge is 2.39. The lowest BCUT2D eigenvalue weighted by atomic mass is 9.87. The lowest BCUT2D eigenvalue weighted by Gasteiger charge is -2.23. The fourth-order valence-corrected chi connectivity index (χ4v) is 3.19. The maximum Gasteiger partial charge on any atom is 0.162 e. The quantitative estimate of drug-likeness (QED) is 0.812. The zero-order chi connectivity index (χ0) is 13.0. The third kappa shape index (κ3) is 1.77. The number of rotatable bonds is 2. The van der Waals surface area contributed by atoms with Crippen molar-refractivity contribution in [3.63, 3.8) is 0 Å². The molecule has 0 spiro atoms. The van der Waals surface area contributed by atoms with E-state index in [1.165, 1.54) is 5.57 Å². The highest BCUT2D eigenvalue weighted by molar-refractivity contribution is 5.27. The lowest BCUT2D eigenvalue weighted by Crippen LogP contribution is -2.15. The first-order valence-electron chi connectivity index (χ1n) is 7.21. The molecule has 100 valence electrons. The smallest absolute Gasteiger partial charge is 0.162 e. The summed E-state index contributed by atoms with van der Waals surface area (Å²) in [4.78, 5) is 4.44. The molecule has 3 atom stereocenters. The van der Waals surface area contributed by atoms with Crippen molar-refractivity contribution in [3.8, 4) is 0 Å². The molecule has 0 amide bonds. The van der Waals surface area contributed by atoms with E-state index in [0.717, 1.165) is 25.1 Å². The second kappa shape index (κ2) is 4.02. The molecule has 1 aromatic rings. The number of hydrogen-bond donors (Lipinski definition) is 0. The highest BCUT2D eigenvalue weighted by atomic mass is 19.1. The van der Waals surface area contributed by atoms with E-state index in [1.807, 2.05) is 4.68 Å². The molecule has 1 saturated carbocycles. The van der Waals surface area contributed by atoms with Gasteiger partial charge in [0.05, 0.1) is 6.04 Å². The Hall–Kier alpha value is -1.45. The maximum atomic E-state index is 14.2. The molecular weight excluding hydrogens is 241 g/mol. The molecule has 3 unspecified atom stereocenters. The molecular formula is C15H18FN3. The third-order valence-electron chi connectivity index (χ3n) is 4.49. The zero-order valence-electron chi connectivity index (χ0n) is 11.1. The van der Waals surface area contributed by atoms with Gasteiger partial charge in [-0.1, -0.05) is 25.2 Å². The summed E-state index contributed by atoms with van der Waals surface area (Å²) in [6.07, 6.45) is 9.30. The van der Waals surface area contributed by atoms with Crippen LogP contribution < -0.4 is 0 Å². The van der Waals surface area contributed by atoms with E-state index in [2.05, 4.69) is 35.2 Å². The number of nitrogens with zero attached hydrogens (tertiary/aromatic N) is 3. The molecule has 1 fully saturated rings. The fraction of sp³-hybridized carbons (Fsp3) is 0.600. The molecule has 2 aliphatic carbocycles. The number of fused-ring (bicyclic) bond motifs is 1. The van der Waals surface area contributed by atoms with Gasteiger partial charge in [0.15, 0.2) is 17.8 Å². The summed E-state index contributed by atoms with van der Waals surface area (Å²) in [5, 5.41) is 4.59. The largest absolute Gasteiger partial charge is 0.240 e. The van der Waals surface area contributed by atoms with Gasteiger partial charge < -0.3 is 0 Å². The average molecular weight is 259 g/mol. The monoisotopic (exact) mass is 259 g/mol. The van der Waals surface area contributed by atoms with Crippen LogP contribution >= 0.6 is 0 Å². The first kappa shape index (κ1) is 11.4. The summed E-state index contributed by atoms with van der Waals surface area (Å²) in [6.45, 7) is 2.21. The highest BCUT2D eigenvalue weighted by Crippen LogP contribution is 2.45. The second-order valence-corrected chi connectivity index (χ2v) is 6.00. The van der Waals surface area contributed by atoms with Gasteiger partial charge in [0.25, 0.3) is 0 Å². The minimum absolute atomic E-state index is 0.0740. The number of allylic oxidation sites excluding steroid dienone is 4. The Morgan fingerprint density at radius 3 is 2.95 bits per heavy atom. The molecule has 0 saturated heterocycles. The second-order valence-electron chi connectivity index (χ2n) is 6.00. The Bertz CT molecular complexity index is 568. The molecule has 0 aromatic carbocycles. The summed E-state index contributed by atoms with van der Waals surface area (Å²) >= 11 is 0. The van der Waals surface area contributed by atoms with Gasteiger partial charge in [-0.05, 0) is 30.8 Å². The van der Waals surface area contributed by atoms with E-state index in [0.29, 0.717) is 24.1 Å². The van der Waals surface area contributed by atoms with Gasteiger partial charge in [-0.2, -0.15) is 5.10 Å². The summed E-state index contributed by atoms with van der Waals surface area (Å²) < 4.78 is 16.0. The van der Waals surface area contributed by atoms with Crippen LogP contribution in [0.2, 0.25) is 0 Å². The van der Waals surface area contributed by atoms with Crippen molar-refractivity contribution in [2.24, 2.45) is 5.92 Å². The number of aromatic nitrogens is 3. The Morgan fingerprint density at radius 2 is 2.21 bits per heavy atom. The SMILES string of the molecule is CC1CC=CC=C1C1CC(F)c2nc(C3CC3)nn21. The van der Waals surface area contributed by atoms with Crippen molar-refractivity contribution < 1.29 is 4.39 Å². The summed E-state index contributed by atoms with van der Waals surface area (Å²) in [5.41, 5.74) is 1.30. The van der Waals surface area contributed by atoms with Crippen LogP contribution in [0.4, 0.5) is 4.39 Å². The van der Waals surface area contributed by atoms with E-state index < -0.39 is 6.17 Å². The first-order chi connectivity index (χ1) is 9.24. The molecule has 0 bridgehead atoms. The van der Waals surface area contributed by atoms with Crippen molar-refractivity contribution in [3.05, 3.63) is 35.4 Å². The minimum Gasteiger partial charge on any atom is -0.240 e. The predicted molar refractivity (Wildman–Crippen MR) is 70.5 cm³/mol. The Balaban J connectivity index is 1.72. The van der Waals surface area contributed by atoms with Gasteiger partial charge >= 0.3 is 0 Å². The molecule has 4 heteroatoms. The van der Waals surface area contributed by atoms with Crippen LogP contribution in [0.25, 0.3) is 0 Å². The van der Waals surface area contributed by atoms with Gasteiger partial charge in [-0.15, -0.1) is 0 Å². The van der Waals surface area contributed by atoms with Gasteiger partial charge in [-0.3, -0.25) is 0 Å². The molecule has 1 aromatic heterocycles.